The van der Waals surface area contributed by atoms with Crippen molar-refractivity contribution < 1.29 is 21.9 Å². The Kier molecular flexibility index (Phi) is 3.90. The van der Waals surface area contributed by atoms with E-state index in [1.165, 1.54) is 6.07 Å². The lowest BCUT2D eigenvalue weighted by atomic mass is 9.98. The lowest BCUT2D eigenvalue weighted by molar-refractivity contribution is 1.07. The van der Waals surface area contributed by atoms with Crippen LogP contribution >= 0.6 is 11.3 Å². The van der Waals surface area contributed by atoms with Crippen molar-refractivity contribution in [2.45, 2.75) is 0 Å². The SMILES string of the molecule is [2H]c1cc([2H])c2sc3c(-c4cc(-c5nc(-c6c([2H])c([2H])c([2H])c([2H])c6[2H])nc(-c6c([2H])c([2H])c([2H])c([2H])c6[2H])n5)ccc4-n4c5ccccc5c5ccccc54)c([2H])c([2H])c([2H])c3c2c1[2H]. The monoisotopic (exact) mass is 672 g/mol. The molecule has 10 rings (SSSR count). The van der Waals surface area contributed by atoms with E-state index in [2.05, 4.69) is 15.0 Å². The highest BCUT2D eigenvalue weighted by molar-refractivity contribution is 7.26. The highest BCUT2D eigenvalue weighted by Gasteiger charge is 2.20. The third kappa shape index (κ3) is 4.63. The lowest BCUT2D eigenvalue weighted by Gasteiger charge is -2.17. The van der Waals surface area contributed by atoms with E-state index in [4.69, 9.17) is 20.6 Å². The summed E-state index contributed by atoms with van der Waals surface area (Å²) < 4.78 is 142. The molecule has 0 N–H and O–H groups in total. The normalized spacial score (nSPS) is 16.1. The minimum Gasteiger partial charge on any atom is -0.309 e. The largest absolute Gasteiger partial charge is 0.309 e. The van der Waals surface area contributed by atoms with Gasteiger partial charge in [-0.1, -0.05) is 133 Å². The van der Waals surface area contributed by atoms with Crippen LogP contribution in [-0.4, -0.2) is 19.5 Å². The van der Waals surface area contributed by atoms with E-state index in [-0.39, 0.29) is 72.9 Å². The summed E-state index contributed by atoms with van der Waals surface area (Å²) in [5.74, 6) is -1.17. The number of aromatic nitrogens is 4. The molecule has 50 heavy (non-hydrogen) atoms. The first kappa shape index (κ1) is 16.8. The molecule has 234 valence electrons. The zero-order valence-corrected chi connectivity index (χ0v) is 26.4. The summed E-state index contributed by atoms with van der Waals surface area (Å²) in [4.78, 5) is 13.7. The summed E-state index contributed by atoms with van der Waals surface area (Å²) in [6.45, 7) is 0. The van der Waals surface area contributed by atoms with Crippen LogP contribution in [0.3, 0.4) is 0 Å². The number of para-hydroxylation sites is 2. The van der Waals surface area contributed by atoms with Crippen molar-refractivity contribution in [2.75, 3.05) is 0 Å². The van der Waals surface area contributed by atoms with E-state index in [0.717, 1.165) is 33.1 Å². The number of thiophene rings is 1. The Labute approximate surface area is 315 Å². The molecule has 0 saturated carbocycles. The van der Waals surface area contributed by atoms with Gasteiger partial charge >= 0.3 is 0 Å². The standard InChI is InChI=1S/C45H28N4S/c1-3-14-29(15-4-1)43-46-44(30-16-5-2-6-17-30)48-45(47-43)31-26-27-40(49-38-23-10-7-18-32(38)33-19-8-11-24-39(33)49)37(28-31)36-22-13-21-35-34-20-9-12-25-41(34)50-42(35)36/h1-28H/i1D,2D,3D,4D,5D,6D,9D,13D,14D,15D,16D,17D,20D,21D,22D,25D. The van der Waals surface area contributed by atoms with Crippen LogP contribution in [0.5, 0.6) is 0 Å². The number of hydrogen-bond donors (Lipinski definition) is 0. The van der Waals surface area contributed by atoms with Crippen molar-refractivity contribution >= 4 is 53.3 Å². The van der Waals surface area contributed by atoms with Gasteiger partial charge in [0.25, 0.3) is 0 Å². The average Bonchev–Trinajstić information content (AvgIpc) is 3.88. The maximum Gasteiger partial charge on any atom is 0.164 e. The molecule has 0 atom stereocenters. The number of rotatable bonds is 5. The van der Waals surface area contributed by atoms with Gasteiger partial charge in [0.15, 0.2) is 17.5 Å². The van der Waals surface area contributed by atoms with Crippen molar-refractivity contribution in [3.05, 3.63) is 169 Å². The van der Waals surface area contributed by atoms with Crippen molar-refractivity contribution in [1.29, 1.82) is 0 Å². The molecular weight excluding hydrogens is 629 g/mol. The van der Waals surface area contributed by atoms with Crippen LogP contribution < -0.4 is 0 Å². The molecule has 0 radical (unpaired) electrons. The Hall–Kier alpha value is -6.43. The fourth-order valence-corrected chi connectivity index (χ4v) is 7.36. The van der Waals surface area contributed by atoms with Crippen molar-refractivity contribution in [3.63, 3.8) is 0 Å². The summed E-state index contributed by atoms with van der Waals surface area (Å²) in [5, 5.41) is 2.04. The minimum atomic E-state index is -0.696. The molecule has 0 fully saturated rings. The second-order valence-electron chi connectivity index (χ2n) is 11.2. The van der Waals surface area contributed by atoms with Crippen LogP contribution in [0.2, 0.25) is 0 Å². The van der Waals surface area contributed by atoms with Crippen LogP contribution in [0.1, 0.15) is 21.9 Å². The van der Waals surface area contributed by atoms with Crippen molar-refractivity contribution in [2.24, 2.45) is 0 Å². The fraction of sp³-hybridized carbons (Fsp3) is 0. The number of benzene rings is 7. The predicted molar refractivity (Wildman–Crippen MR) is 209 cm³/mol. The summed E-state index contributed by atoms with van der Waals surface area (Å²) in [6, 6.07) is 12.9. The summed E-state index contributed by atoms with van der Waals surface area (Å²) in [6.07, 6.45) is 0. The molecule has 3 aromatic heterocycles. The Morgan fingerprint density at radius 2 is 1.06 bits per heavy atom. The Balaban J connectivity index is 1.37. The first-order chi connectivity index (χ1) is 31.4. The Morgan fingerprint density at radius 3 is 1.72 bits per heavy atom. The quantitative estimate of drug-likeness (QED) is 0.183. The van der Waals surface area contributed by atoms with E-state index in [1.54, 1.807) is 18.2 Å². The van der Waals surface area contributed by atoms with Gasteiger partial charge in [0, 0.05) is 58.8 Å². The second-order valence-corrected chi connectivity index (χ2v) is 12.2. The topological polar surface area (TPSA) is 43.6 Å². The zero-order valence-electron chi connectivity index (χ0n) is 41.6. The minimum absolute atomic E-state index is 0.0717. The van der Waals surface area contributed by atoms with Gasteiger partial charge in [-0.3, -0.25) is 0 Å². The van der Waals surface area contributed by atoms with Crippen molar-refractivity contribution in [1.82, 2.24) is 19.5 Å². The van der Waals surface area contributed by atoms with Crippen LogP contribution in [0.4, 0.5) is 0 Å². The first-order valence-electron chi connectivity index (χ1n) is 23.4. The van der Waals surface area contributed by atoms with Gasteiger partial charge < -0.3 is 4.57 Å². The molecule has 10 aromatic rings. The fourth-order valence-electron chi connectivity index (χ4n) is 6.26. The third-order valence-corrected chi connectivity index (χ3v) is 9.55. The maximum atomic E-state index is 9.54. The van der Waals surface area contributed by atoms with Crippen LogP contribution in [0.25, 0.3) is 93.0 Å². The van der Waals surface area contributed by atoms with Gasteiger partial charge in [0.05, 0.1) is 38.7 Å². The van der Waals surface area contributed by atoms with Gasteiger partial charge in [0.1, 0.15) is 0 Å². The molecule has 0 amide bonds. The third-order valence-electron chi connectivity index (χ3n) is 8.41. The predicted octanol–water partition coefficient (Wildman–Crippen LogP) is 12.0. The Morgan fingerprint density at radius 1 is 0.460 bits per heavy atom. The molecule has 3 heterocycles. The molecule has 0 bridgehead atoms. The van der Waals surface area contributed by atoms with Gasteiger partial charge in [-0.2, -0.15) is 0 Å². The van der Waals surface area contributed by atoms with E-state index in [0.29, 0.717) is 5.69 Å². The molecular formula is C45H28N4S. The highest BCUT2D eigenvalue weighted by atomic mass is 32.1. The molecule has 0 saturated heterocycles. The average molecular weight is 673 g/mol. The highest BCUT2D eigenvalue weighted by Crippen LogP contribution is 2.44. The molecule has 0 aliphatic heterocycles. The van der Waals surface area contributed by atoms with Gasteiger partial charge in [-0.15, -0.1) is 11.3 Å². The summed E-state index contributed by atoms with van der Waals surface area (Å²) in [7, 11) is 0. The van der Waals surface area contributed by atoms with Crippen molar-refractivity contribution in [3.8, 4) is 51.0 Å². The Bertz CT molecular complexity index is 3610. The molecule has 0 spiro atoms. The first-order valence-corrected chi connectivity index (χ1v) is 16.2. The summed E-state index contributed by atoms with van der Waals surface area (Å²) >= 11 is 1.05. The van der Waals surface area contributed by atoms with Crippen LogP contribution in [-0.2, 0) is 0 Å². The van der Waals surface area contributed by atoms with Crippen LogP contribution in [0.15, 0.2) is 169 Å². The number of fused-ring (bicyclic) bond motifs is 6. The zero-order chi connectivity index (χ0) is 46.9. The van der Waals surface area contributed by atoms with E-state index in [9.17, 15) is 1.37 Å². The molecule has 5 heteroatoms. The molecule has 0 unspecified atom stereocenters. The lowest BCUT2D eigenvalue weighted by Crippen LogP contribution is -2.02. The van der Waals surface area contributed by atoms with Gasteiger partial charge in [-0.25, -0.2) is 15.0 Å². The van der Waals surface area contributed by atoms with E-state index < -0.39 is 89.2 Å². The molecule has 0 aliphatic rings. The number of nitrogens with zero attached hydrogens (tertiary/aromatic N) is 4. The second kappa shape index (κ2) is 11.6. The smallest absolute Gasteiger partial charge is 0.164 e. The van der Waals surface area contributed by atoms with E-state index >= 15 is 0 Å². The van der Waals surface area contributed by atoms with E-state index in [1.807, 2.05) is 53.1 Å². The maximum absolute atomic E-state index is 9.54. The molecule has 4 nitrogen and oxygen atoms in total. The van der Waals surface area contributed by atoms with Gasteiger partial charge in [-0.05, 0) is 36.4 Å². The van der Waals surface area contributed by atoms with Crippen LogP contribution in [0, 0.1) is 0 Å². The molecule has 0 aliphatic carbocycles. The molecule has 7 aromatic carbocycles. The summed E-state index contributed by atoms with van der Waals surface area (Å²) in [5.41, 5.74) is 1.70. The number of hydrogen-bond acceptors (Lipinski definition) is 4. The van der Waals surface area contributed by atoms with Gasteiger partial charge in [0.2, 0.25) is 0 Å².